The first-order chi connectivity index (χ1) is 16.5. The van der Waals surface area contributed by atoms with E-state index in [-0.39, 0.29) is 40.5 Å². The lowest BCUT2D eigenvalue weighted by atomic mass is 10.0. The zero-order chi connectivity index (χ0) is 25.1. The third-order valence-electron chi connectivity index (χ3n) is 6.38. The zero-order valence-electron chi connectivity index (χ0n) is 18.9. The molecule has 3 atom stereocenters. The second-order valence-electron chi connectivity index (χ2n) is 9.07. The Bertz CT molecular complexity index is 1350. The molecule has 0 saturated carbocycles. The van der Waals surface area contributed by atoms with E-state index in [1.807, 2.05) is 18.7 Å². The molecular formula is C23H22ClF4N5OS. The highest BCUT2D eigenvalue weighted by Gasteiger charge is 2.38. The van der Waals surface area contributed by atoms with Gasteiger partial charge in [0.15, 0.2) is 0 Å². The Hall–Kier alpha value is -2.37. The van der Waals surface area contributed by atoms with Crippen molar-refractivity contribution >= 4 is 40.1 Å². The van der Waals surface area contributed by atoms with Crippen molar-refractivity contribution in [1.82, 2.24) is 19.9 Å². The number of nitrogens with zero attached hydrogens (tertiary/aromatic N) is 4. The molecule has 1 fully saturated rings. The van der Waals surface area contributed by atoms with E-state index in [0.29, 0.717) is 24.2 Å². The van der Waals surface area contributed by atoms with Crippen LogP contribution >= 0.6 is 23.4 Å². The number of thioether (sulfide) groups is 1. The van der Waals surface area contributed by atoms with Crippen LogP contribution in [0.25, 0.3) is 10.9 Å². The maximum atomic E-state index is 14.5. The van der Waals surface area contributed by atoms with Crippen LogP contribution in [-0.4, -0.2) is 45.5 Å². The number of alkyl halides is 3. The van der Waals surface area contributed by atoms with Crippen molar-refractivity contribution in [2.75, 3.05) is 23.7 Å². The fourth-order valence-electron chi connectivity index (χ4n) is 4.98. The first kappa shape index (κ1) is 24.3. The van der Waals surface area contributed by atoms with Crippen LogP contribution < -0.4 is 15.9 Å². The largest absolute Gasteiger partial charge is 0.417 e. The van der Waals surface area contributed by atoms with E-state index >= 15 is 0 Å². The molecule has 0 bridgehead atoms. The number of nitrogens with one attached hydrogen (secondary N) is 1. The molecule has 5 rings (SSSR count). The maximum Gasteiger partial charge on any atom is 0.417 e. The lowest BCUT2D eigenvalue weighted by molar-refractivity contribution is -0.137. The topological polar surface area (TPSA) is 63.1 Å². The van der Waals surface area contributed by atoms with Gasteiger partial charge in [0.1, 0.15) is 11.6 Å². The summed E-state index contributed by atoms with van der Waals surface area (Å²) in [7, 11) is 0. The van der Waals surface area contributed by atoms with E-state index < -0.39 is 34.2 Å². The van der Waals surface area contributed by atoms with Gasteiger partial charge in [-0.2, -0.15) is 18.2 Å². The van der Waals surface area contributed by atoms with Gasteiger partial charge < -0.3 is 10.2 Å². The molecule has 1 saturated heterocycles. The summed E-state index contributed by atoms with van der Waals surface area (Å²) in [5, 5.41) is 3.12. The average molecular weight is 528 g/mol. The minimum atomic E-state index is -4.70. The second kappa shape index (κ2) is 8.94. The summed E-state index contributed by atoms with van der Waals surface area (Å²) in [6.45, 7) is 4.95. The van der Waals surface area contributed by atoms with E-state index in [0.717, 1.165) is 24.0 Å². The van der Waals surface area contributed by atoms with E-state index in [1.165, 1.54) is 16.8 Å². The van der Waals surface area contributed by atoms with Gasteiger partial charge in [0.2, 0.25) is 0 Å². The zero-order valence-corrected chi connectivity index (χ0v) is 20.4. The Kier molecular flexibility index (Phi) is 6.21. The fraction of sp³-hybridized carbons (Fsp3) is 0.435. The van der Waals surface area contributed by atoms with Gasteiger partial charge in [-0.25, -0.2) is 9.18 Å². The summed E-state index contributed by atoms with van der Waals surface area (Å²) < 4.78 is 57.9. The highest BCUT2D eigenvalue weighted by Crippen LogP contribution is 2.47. The first-order valence-corrected chi connectivity index (χ1v) is 12.5. The van der Waals surface area contributed by atoms with Crippen molar-refractivity contribution in [3.63, 3.8) is 0 Å². The highest BCUT2D eigenvalue weighted by atomic mass is 35.5. The Morgan fingerprint density at radius 1 is 1.20 bits per heavy atom. The van der Waals surface area contributed by atoms with Crippen molar-refractivity contribution in [3.8, 4) is 0 Å². The third-order valence-corrected chi connectivity index (χ3v) is 8.14. The Balaban J connectivity index is 1.77. The number of rotatable bonds is 2. The van der Waals surface area contributed by atoms with Crippen LogP contribution in [0, 0.1) is 5.82 Å². The maximum absolute atomic E-state index is 14.5. The number of anilines is 1. The summed E-state index contributed by atoms with van der Waals surface area (Å²) >= 11 is 7.43. The average Bonchev–Trinajstić information content (AvgIpc) is 2.98. The van der Waals surface area contributed by atoms with Crippen LogP contribution in [0.1, 0.15) is 30.9 Å². The van der Waals surface area contributed by atoms with Gasteiger partial charge in [-0.15, -0.1) is 11.8 Å². The third kappa shape index (κ3) is 4.38. The molecule has 2 aliphatic rings. The number of benzene rings is 1. The molecule has 3 aromatic rings. The monoisotopic (exact) mass is 527 g/mol. The predicted octanol–water partition coefficient (Wildman–Crippen LogP) is 4.68. The van der Waals surface area contributed by atoms with Crippen molar-refractivity contribution < 1.29 is 17.6 Å². The lowest BCUT2D eigenvalue weighted by Crippen LogP contribution is -2.55. The van der Waals surface area contributed by atoms with E-state index in [2.05, 4.69) is 15.3 Å². The summed E-state index contributed by atoms with van der Waals surface area (Å²) in [5.74, 6) is -0.591. The van der Waals surface area contributed by atoms with Crippen molar-refractivity contribution in [2.24, 2.45) is 0 Å². The summed E-state index contributed by atoms with van der Waals surface area (Å²) in [5.41, 5.74) is -0.947. The predicted molar refractivity (Wildman–Crippen MR) is 128 cm³/mol. The van der Waals surface area contributed by atoms with Gasteiger partial charge in [0, 0.05) is 55.0 Å². The summed E-state index contributed by atoms with van der Waals surface area (Å²) in [4.78, 5) is 23.4. The van der Waals surface area contributed by atoms with Crippen LogP contribution in [0.5, 0.6) is 0 Å². The molecule has 0 spiro atoms. The fourth-order valence-corrected chi connectivity index (χ4v) is 6.64. The SMILES string of the molecule is C[C@@H]1CN(c2nc(=O)n3c4c(c(Cl)c(C(F)(F)F)cc24)SC[C@@H](c2ccncc2F)C3)C[C@H](C)N1. The Labute approximate surface area is 207 Å². The molecule has 1 N–H and O–H groups in total. The molecule has 2 aromatic heterocycles. The van der Waals surface area contributed by atoms with E-state index in [4.69, 9.17) is 11.6 Å². The molecule has 0 unspecified atom stereocenters. The standard InChI is InChI=1S/C23H22ClF4N5OS/c1-11-7-32(8-12(2)30-11)21-15-5-16(23(26,27)28)18(24)20-19(15)33(22(34)31-21)9-13(10-35-20)14-3-4-29-6-17(14)25/h3-6,11-13,30H,7-10H2,1-2H3/t11-,12+,13-/m0/s1. The molecule has 35 heavy (non-hydrogen) atoms. The number of halogens is 5. The smallest absolute Gasteiger partial charge is 0.353 e. The van der Waals surface area contributed by atoms with Gasteiger partial charge in [0.05, 0.1) is 27.2 Å². The molecule has 0 aliphatic carbocycles. The quantitative estimate of drug-likeness (QED) is 0.488. The normalized spacial score (nSPS) is 22.9. The number of aromatic nitrogens is 3. The molecule has 186 valence electrons. The number of hydrogen-bond donors (Lipinski definition) is 1. The number of pyridine rings is 1. The van der Waals surface area contributed by atoms with Crippen LogP contribution in [0.4, 0.5) is 23.4 Å². The number of hydrogen-bond acceptors (Lipinski definition) is 6. The molecule has 2 aliphatic heterocycles. The minimum absolute atomic E-state index is 0.0518. The first-order valence-electron chi connectivity index (χ1n) is 11.1. The molecular weight excluding hydrogens is 506 g/mol. The van der Waals surface area contributed by atoms with Crippen LogP contribution in [-0.2, 0) is 12.7 Å². The van der Waals surface area contributed by atoms with E-state index in [9.17, 15) is 22.4 Å². The van der Waals surface area contributed by atoms with Crippen molar-refractivity contribution in [2.45, 2.75) is 49.5 Å². The van der Waals surface area contributed by atoms with Gasteiger partial charge in [-0.1, -0.05) is 11.6 Å². The molecule has 12 heteroatoms. The van der Waals surface area contributed by atoms with Crippen LogP contribution in [0.2, 0.25) is 5.02 Å². The van der Waals surface area contributed by atoms with Gasteiger partial charge in [-0.05, 0) is 31.5 Å². The van der Waals surface area contributed by atoms with Gasteiger partial charge in [-0.3, -0.25) is 9.55 Å². The van der Waals surface area contributed by atoms with Gasteiger partial charge in [0.25, 0.3) is 0 Å². The Morgan fingerprint density at radius 3 is 2.57 bits per heavy atom. The minimum Gasteiger partial charge on any atom is -0.353 e. The molecule has 0 radical (unpaired) electrons. The second-order valence-corrected chi connectivity index (χ2v) is 10.5. The van der Waals surface area contributed by atoms with Crippen molar-refractivity contribution in [1.29, 1.82) is 0 Å². The van der Waals surface area contributed by atoms with Gasteiger partial charge >= 0.3 is 11.9 Å². The van der Waals surface area contributed by atoms with Crippen molar-refractivity contribution in [3.05, 3.63) is 57.0 Å². The molecule has 1 aromatic carbocycles. The lowest BCUT2D eigenvalue weighted by Gasteiger charge is -2.37. The Morgan fingerprint density at radius 2 is 1.91 bits per heavy atom. The molecule has 6 nitrogen and oxygen atoms in total. The van der Waals surface area contributed by atoms with Crippen LogP contribution in [0.3, 0.4) is 0 Å². The summed E-state index contributed by atoms with van der Waals surface area (Å²) in [6, 6.07) is 2.62. The van der Waals surface area contributed by atoms with Crippen LogP contribution in [0.15, 0.2) is 34.2 Å². The van der Waals surface area contributed by atoms with E-state index in [1.54, 1.807) is 0 Å². The number of piperazine rings is 1. The molecule has 4 heterocycles. The molecule has 0 amide bonds. The highest BCUT2D eigenvalue weighted by molar-refractivity contribution is 7.99. The summed E-state index contributed by atoms with van der Waals surface area (Å²) in [6.07, 6.45) is -2.17.